The lowest BCUT2D eigenvalue weighted by atomic mass is 9.97. The Labute approximate surface area is 160 Å². The molecule has 1 atom stereocenters. The number of benzene rings is 1. The van der Waals surface area contributed by atoms with Crippen LogP contribution in [0.2, 0.25) is 0 Å². The van der Waals surface area contributed by atoms with E-state index in [1.165, 1.54) is 0 Å². The molecular formula is C20H29N5O2. The first kappa shape index (κ1) is 19.4. The predicted octanol–water partition coefficient (Wildman–Crippen LogP) is 2.50. The summed E-state index contributed by atoms with van der Waals surface area (Å²) in [6.45, 7) is 4.05. The van der Waals surface area contributed by atoms with Gasteiger partial charge in [-0.3, -0.25) is 10.1 Å². The fourth-order valence-electron chi connectivity index (χ4n) is 3.58. The Kier molecular flexibility index (Phi) is 6.45. The normalized spacial score (nSPS) is 16.1. The van der Waals surface area contributed by atoms with Gasteiger partial charge in [0.05, 0.1) is 7.11 Å². The summed E-state index contributed by atoms with van der Waals surface area (Å²) in [4.78, 5) is 17.0. The second-order valence-electron chi connectivity index (χ2n) is 7.31. The van der Waals surface area contributed by atoms with Crippen molar-refractivity contribution in [1.29, 1.82) is 0 Å². The summed E-state index contributed by atoms with van der Waals surface area (Å²) < 4.78 is 7.06. The number of carbonyl (C=O) groups excluding carboxylic acids is 1. The molecule has 146 valence electrons. The molecule has 1 aliphatic heterocycles. The molecule has 2 heterocycles. The van der Waals surface area contributed by atoms with Crippen LogP contribution >= 0.6 is 0 Å². The van der Waals surface area contributed by atoms with Gasteiger partial charge in [0, 0.05) is 19.4 Å². The van der Waals surface area contributed by atoms with Crippen LogP contribution in [0.1, 0.15) is 43.5 Å². The molecule has 1 amide bonds. The van der Waals surface area contributed by atoms with E-state index in [0.29, 0.717) is 18.3 Å². The first-order chi connectivity index (χ1) is 13.1. The van der Waals surface area contributed by atoms with Crippen LogP contribution in [0.3, 0.4) is 0 Å². The van der Waals surface area contributed by atoms with E-state index in [1.807, 2.05) is 31.3 Å². The molecule has 2 N–H and O–H groups in total. The molecule has 0 radical (unpaired) electrons. The predicted molar refractivity (Wildman–Crippen MR) is 105 cm³/mol. The summed E-state index contributed by atoms with van der Waals surface area (Å²) in [7, 11) is 3.50. The second-order valence-corrected chi connectivity index (χ2v) is 7.31. The smallest absolute Gasteiger partial charge is 0.227 e. The number of para-hydroxylation sites is 1. The van der Waals surface area contributed by atoms with Crippen molar-refractivity contribution in [2.24, 2.45) is 13.0 Å². The van der Waals surface area contributed by atoms with Crippen LogP contribution in [0.25, 0.3) is 0 Å². The van der Waals surface area contributed by atoms with Crippen LogP contribution in [0.15, 0.2) is 24.3 Å². The number of aryl methyl sites for hydroxylation is 1. The molecule has 7 heteroatoms. The molecule has 0 saturated carbocycles. The maximum atomic E-state index is 12.5. The average Bonchev–Trinajstić information content (AvgIpc) is 3.03. The van der Waals surface area contributed by atoms with Gasteiger partial charge in [-0.25, -0.2) is 4.68 Å². The number of rotatable bonds is 7. The Morgan fingerprint density at radius 1 is 1.37 bits per heavy atom. The van der Waals surface area contributed by atoms with Gasteiger partial charge in [0.15, 0.2) is 5.82 Å². The fraction of sp³-hybridized carbons (Fsp3) is 0.550. The van der Waals surface area contributed by atoms with Gasteiger partial charge in [-0.2, -0.15) is 10.1 Å². The van der Waals surface area contributed by atoms with Gasteiger partial charge in [0.1, 0.15) is 5.75 Å². The maximum Gasteiger partial charge on any atom is 0.227 e. The van der Waals surface area contributed by atoms with Crippen LogP contribution in [-0.2, 0) is 18.3 Å². The van der Waals surface area contributed by atoms with Crippen LogP contribution in [0.4, 0.5) is 5.95 Å². The summed E-state index contributed by atoms with van der Waals surface area (Å²) in [5.41, 5.74) is 1.12. The van der Waals surface area contributed by atoms with Crippen molar-refractivity contribution < 1.29 is 9.53 Å². The summed E-state index contributed by atoms with van der Waals surface area (Å²) >= 11 is 0. The van der Waals surface area contributed by atoms with Gasteiger partial charge in [-0.05, 0) is 49.9 Å². The summed E-state index contributed by atoms with van der Waals surface area (Å²) in [5.74, 6) is 2.75. The quantitative estimate of drug-likeness (QED) is 0.782. The molecular weight excluding hydrogens is 342 g/mol. The molecule has 1 fully saturated rings. The van der Waals surface area contributed by atoms with Gasteiger partial charge >= 0.3 is 0 Å². The zero-order valence-corrected chi connectivity index (χ0v) is 16.4. The number of nitrogens with one attached hydrogen (secondary N) is 2. The van der Waals surface area contributed by atoms with E-state index >= 15 is 0 Å². The number of hydrogen-bond acceptors (Lipinski definition) is 5. The maximum absolute atomic E-state index is 12.5. The van der Waals surface area contributed by atoms with Crippen molar-refractivity contribution in [3.8, 4) is 5.75 Å². The van der Waals surface area contributed by atoms with Crippen LogP contribution in [0, 0.1) is 5.92 Å². The molecule has 3 rings (SSSR count). The minimum absolute atomic E-state index is 0.0373. The van der Waals surface area contributed by atoms with Gasteiger partial charge in [-0.15, -0.1) is 0 Å². The first-order valence-electron chi connectivity index (χ1n) is 9.60. The highest BCUT2D eigenvalue weighted by Gasteiger charge is 2.21. The van der Waals surface area contributed by atoms with Crippen molar-refractivity contribution in [2.75, 3.05) is 25.5 Å². The Morgan fingerprint density at radius 3 is 2.85 bits per heavy atom. The third-order valence-corrected chi connectivity index (χ3v) is 5.03. The van der Waals surface area contributed by atoms with E-state index in [1.54, 1.807) is 11.8 Å². The minimum Gasteiger partial charge on any atom is -0.496 e. The monoisotopic (exact) mass is 371 g/mol. The highest BCUT2D eigenvalue weighted by Crippen LogP contribution is 2.24. The Bertz CT molecular complexity index is 767. The molecule has 1 aromatic heterocycles. The van der Waals surface area contributed by atoms with E-state index in [2.05, 4.69) is 27.6 Å². The van der Waals surface area contributed by atoms with Crippen molar-refractivity contribution in [3.63, 3.8) is 0 Å². The zero-order chi connectivity index (χ0) is 19.2. The number of hydrogen-bond donors (Lipinski definition) is 2. The molecule has 27 heavy (non-hydrogen) atoms. The van der Waals surface area contributed by atoms with Crippen LogP contribution in [0.5, 0.6) is 5.75 Å². The number of nitrogens with zero attached hydrogens (tertiary/aromatic N) is 3. The number of carbonyl (C=O) groups is 1. The number of amides is 1. The van der Waals surface area contributed by atoms with Gasteiger partial charge in [-0.1, -0.05) is 25.1 Å². The topological polar surface area (TPSA) is 81.1 Å². The van der Waals surface area contributed by atoms with Gasteiger partial charge in [0.25, 0.3) is 0 Å². The standard InChI is InChI=1S/C20H29N5O2/c1-14(12-16-6-4-5-7-17(16)27-3)13-18(26)22-20-23-19(24-25(20)2)15-8-10-21-11-9-15/h4-7,14-15,21H,8-13H2,1-3H3,(H,22,23,24,26). The van der Waals surface area contributed by atoms with E-state index < -0.39 is 0 Å². The second kappa shape index (κ2) is 8.99. The first-order valence-corrected chi connectivity index (χ1v) is 9.60. The van der Waals surface area contributed by atoms with Crippen LogP contribution < -0.4 is 15.4 Å². The highest BCUT2D eigenvalue weighted by atomic mass is 16.5. The summed E-state index contributed by atoms with van der Waals surface area (Å²) in [6.07, 6.45) is 3.28. The molecule has 0 spiro atoms. The fourth-order valence-corrected chi connectivity index (χ4v) is 3.58. The van der Waals surface area contributed by atoms with E-state index in [9.17, 15) is 4.79 Å². The highest BCUT2D eigenvalue weighted by molar-refractivity contribution is 5.89. The van der Waals surface area contributed by atoms with Crippen molar-refractivity contribution in [3.05, 3.63) is 35.7 Å². The molecule has 1 saturated heterocycles. The largest absolute Gasteiger partial charge is 0.496 e. The molecule has 1 unspecified atom stereocenters. The minimum atomic E-state index is -0.0373. The van der Waals surface area contributed by atoms with E-state index in [4.69, 9.17) is 4.74 Å². The lowest BCUT2D eigenvalue weighted by molar-refractivity contribution is -0.117. The summed E-state index contributed by atoms with van der Waals surface area (Å²) in [5, 5.41) is 10.8. The van der Waals surface area contributed by atoms with Crippen molar-refractivity contribution in [1.82, 2.24) is 20.1 Å². The van der Waals surface area contributed by atoms with Gasteiger partial charge in [0.2, 0.25) is 11.9 Å². The van der Waals surface area contributed by atoms with Crippen molar-refractivity contribution in [2.45, 2.75) is 38.5 Å². The number of methoxy groups -OCH3 is 1. The number of anilines is 1. The third kappa shape index (κ3) is 5.07. The SMILES string of the molecule is COc1ccccc1CC(C)CC(=O)Nc1nc(C2CCNCC2)nn1C. The van der Waals surface area contributed by atoms with E-state index in [0.717, 1.165) is 49.5 Å². The number of piperidine rings is 1. The third-order valence-electron chi connectivity index (χ3n) is 5.03. The average molecular weight is 371 g/mol. The Balaban J connectivity index is 1.56. The lowest BCUT2D eigenvalue weighted by Gasteiger charge is -2.19. The van der Waals surface area contributed by atoms with Crippen LogP contribution in [-0.4, -0.2) is 40.9 Å². The molecule has 1 aliphatic rings. The Hall–Kier alpha value is -2.41. The van der Waals surface area contributed by atoms with E-state index in [-0.39, 0.29) is 11.8 Å². The zero-order valence-electron chi connectivity index (χ0n) is 16.4. The van der Waals surface area contributed by atoms with Gasteiger partial charge < -0.3 is 10.1 Å². The molecule has 7 nitrogen and oxygen atoms in total. The molecule has 2 aromatic rings. The summed E-state index contributed by atoms with van der Waals surface area (Å²) in [6, 6.07) is 7.94. The number of ether oxygens (including phenoxy) is 1. The molecule has 0 bridgehead atoms. The molecule has 1 aromatic carbocycles. The number of aromatic nitrogens is 3. The molecule has 0 aliphatic carbocycles. The Morgan fingerprint density at radius 2 is 2.11 bits per heavy atom. The lowest BCUT2D eigenvalue weighted by Crippen LogP contribution is -2.27. The van der Waals surface area contributed by atoms with Crippen molar-refractivity contribution >= 4 is 11.9 Å².